The van der Waals surface area contributed by atoms with Gasteiger partial charge in [-0.2, -0.15) is 8.78 Å². The molecule has 2 heterocycles. The zero-order valence-corrected chi connectivity index (χ0v) is 15.3. The summed E-state index contributed by atoms with van der Waals surface area (Å²) in [6.07, 6.45) is 0. The van der Waals surface area contributed by atoms with E-state index >= 15 is 8.78 Å². The van der Waals surface area contributed by atoms with Crippen LogP contribution in [0.3, 0.4) is 0 Å². The Morgan fingerprint density at radius 1 is 1.08 bits per heavy atom. The largest absolute Gasteiger partial charge is 0.497 e. The number of rotatable bonds is 3. The molecule has 0 spiro atoms. The molecule has 0 aliphatic carbocycles. The molecule has 1 aliphatic heterocycles. The number of alkyl halides is 2. The van der Waals surface area contributed by atoms with E-state index in [-0.39, 0.29) is 5.56 Å². The van der Waals surface area contributed by atoms with Crippen molar-refractivity contribution >= 4 is 29.0 Å². The Balaban J connectivity index is 1.81. The topological polar surface area (TPSA) is 12.5 Å². The normalized spacial score (nSPS) is 14.8. The summed E-state index contributed by atoms with van der Waals surface area (Å²) < 4.78 is 36.8. The molecule has 0 unspecified atom stereocenters. The number of nitrogens with zero attached hydrogens (tertiary/aromatic N) is 1. The third-order valence-corrected chi connectivity index (χ3v) is 6.23. The number of anilines is 1. The van der Waals surface area contributed by atoms with Gasteiger partial charge in [0.15, 0.2) is 0 Å². The molecule has 0 fully saturated rings. The number of halogens is 2. The zero-order valence-electron chi connectivity index (χ0n) is 13.6. The number of thiophene rings is 1. The third kappa shape index (κ3) is 2.69. The van der Waals surface area contributed by atoms with E-state index in [0.717, 1.165) is 30.9 Å². The average molecular weight is 375 g/mol. The molecule has 2 aromatic carbocycles. The highest BCUT2D eigenvalue weighted by atomic mass is 32.2. The van der Waals surface area contributed by atoms with E-state index in [0.29, 0.717) is 17.0 Å². The van der Waals surface area contributed by atoms with Crippen LogP contribution < -0.4 is 9.04 Å². The lowest BCUT2D eigenvalue weighted by molar-refractivity contribution is 0.0112. The van der Waals surface area contributed by atoms with Crippen LogP contribution in [0, 0.1) is 6.92 Å². The molecule has 0 radical (unpaired) electrons. The number of fused-ring (bicyclic) bond motifs is 3. The van der Waals surface area contributed by atoms with Gasteiger partial charge < -0.3 is 4.74 Å². The summed E-state index contributed by atoms with van der Waals surface area (Å²) >= 11 is 2.59. The summed E-state index contributed by atoms with van der Waals surface area (Å²) in [7, 11) is 1.58. The van der Waals surface area contributed by atoms with E-state index in [2.05, 4.69) is 0 Å². The van der Waals surface area contributed by atoms with E-state index in [1.807, 2.05) is 13.0 Å². The highest BCUT2D eigenvalue weighted by molar-refractivity contribution is 8.00. The van der Waals surface area contributed by atoms with Crippen LogP contribution in [0.2, 0.25) is 0 Å². The van der Waals surface area contributed by atoms with Crippen molar-refractivity contribution in [1.82, 2.24) is 0 Å². The van der Waals surface area contributed by atoms with Crippen molar-refractivity contribution in [2.24, 2.45) is 0 Å². The fourth-order valence-corrected chi connectivity index (χ4v) is 4.91. The standard InChI is InChI=1S/C19H15F2NOS2/c1-12-11-17-18(24-12)15-5-3-4-6-16(15)19(20,21)22(17)25-14-9-7-13(23-2)8-10-14/h3-11H,1-2H3. The summed E-state index contributed by atoms with van der Waals surface area (Å²) in [5.41, 5.74) is 1.23. The van der Waals surface area contributed by atoms with Gasteiger partial charge in [0.05, 0.1) is 23.2 Å². The first-order chi connectivity index (χ1) is 12.0. The molecular weight excluding hydrogens is 360 g/mol. The maximum Gasteiger partial charge on any atom is 0.362 e. The Morgan fingerprint density at radius 2 is 1.80 bits per heavy atom. The third-order valence-electron chi connectivity index (χ3n) is 4.06. The second-order valence-corrected chi connectivity index (χ2v) is 7.99. The number of hydrogen-bond donors (Lipinski definition) is 0. The number of methoxy groups -OCH3 is 1. The van der Waals surface area contributed by atoms with Gasteiger partial charge in [-0.25, -0.2) is 4.31 Å². The minimum atomic E-state index is -3.10. The maximum atomic E-state index is 15.3. The van der Waals surface area contributed by atoms with Gasteiger partial charge in [0, 0.05) is 15.3 Å². The second kappa shape index (κ2) is 6.04. The summed E-state index contributed by atoms with van der Waals surface area (Å²) in [5.74, 6) is 0.701. The minimum absolute atomic E-state index is 0.0466. The van der Waals surface area contributed by atoms with Gasteiger partial charge in [-0.1, -0.05) is 24.3 Å². The van der Waals surface area contributed by atoms with Crippen LogP contribution in [0.5, 0.6) is 5.75 Å². The lowest BCUT2D eigenvalue weighted by Crippen LogP contribution is -2.36. The fraction of sp³-hybridized carbons (Fsp3) is 0.158. The number of aryl methyl sites for hydroxylation is 1. The van der Waals surface area contributed by atoms with Crippen molar-refractivity contribution in [3.8, 4) is 16.2 Å². The van der Waals surface area contributed by atoms with E-state index in [1.54, 1.807) is 60.9 Å². The molecule has 0 bridgehead atoms. The lowest BCUT2D eigenvalue weighted by Gasteiger charge is -2.36. The number of benzene rings is 2. The first-order valence-corrected chi connectivity index (χ1v) is 9.30. The van der Waals surface area contributed by atoms with Crippen molar-refractivity contribution in [3.05, 3.63) is 65.0 Å². The molecule has 6 heteroatoms. The molecule has 1 aliphatic rings. The molecule has 0 amide bonds. The highest BCUT2D eigenvalue weighted by Crippen LogP contribution is 2.56. The van der Waals surface area contributed by atoms with E-state index < -0.39 is 6.05 Å². The van der Waals surface area contributed by atoms with Gasteiger partial charge in [0.1, 0.15) is 5.75 Å². The smallest absolute Gasteiger partial charge is 0.362 e. The number of ether oxygens (including phenoxy) is 1. The minimum Gasteiger partial charge on any atom is -0.497 e. The van der Waals surface area contributed by atoms with Gasteiger partial charge in [0.2, 0.25) is 0 Å². The van der Waals surface area contributed by atoms with Gasteiger partial charge in [0.25, 0.3) is 0 Å². The molecule has 2 nitrogen and oxygen atoms in total. The van der Waals surface area contributed by atoms with Crippen LogP contribution in [-0.2, 0) is 6.05 Å². The molecule has 1 aromatic heterocycles. The lowest BCUT2D eigenvalue weighted by atomic mass is 10.00. The molecule has 25 heavy (non-hydrogen) atoms. The van der Waals surface area contributed by atoms with Crippen LogP contribution in [-0.4, -0.2) is 7.11 Å². The molecule has 128 valence electrons. The Bertz CT molecular complexity index is 921. The van der Waals surface area contributed by atoms with Gasteiger partial charge in [-0.15, -0.1) is 11.3 Å². The fourth-order valence-electron chi connectivity index (χ4n) is 2.90. The van der Waals surface area contributed by atoms with Crippen LogP contribution in [0.15, 0.2) is 59.5 Å². The Morgan fingerprint density at radius 3 is 2.52 bits per heavy atom. The summed E-state index contributed by atoms with van der Waals surface area (Å²) in [6, 6.07) is 12.6. The first-order valence-electron chi connectivity index (χ1n) is 7.71. The molecule has 0 N–H and O–H groups in total. The maximum absolute atomic E-state index is 15.3. The quantitative estimate of drug-likeness (QED) is 0.393. The van der Waals surface area contributed by atoms with Crippen molar-refractivity contribution in [3.63, 3.8) is 0 Å². The van der Waals surface area contributed by atoms with Crippen LogP contribution in [0.4, 0.5) is 14.5 Å². The van der Waals surface area contributed by atoms with Gasteiger partial charge in [-0.3, -0.25) is 0 Å². The molecule has 0 saturated carbocycles. The van der Waals surface area contributed by atoms with Crippen LogP contribution in [0.25, 0.3) is 10.4 Å². The van der Waals surface area contributed by atoms with E-state index in [1.165, 1.54) is 6.07 Å². The van der Waals surface area contributed by atoms with Gasteiger partial charge in [-0.05, 0) is 49.2 Å². The van der Waals surface area contributed by atoms with Crippen LogP contribution >= 0.6 is 23.3 Å². The van der Waals surface area contributed by atoms with E-state index in [4.69, 9.17) is 4.74 Å². The molecule has 4 rings (SSSR count). The Hall–Kier alpha value is -2.05. The van der Waals surface area contributed by atoms with Crippen molar-refractivity contribution in [2.45, 2.75) is 17.9 Å². The first kappa shape index (κ1) is 16.4. The molecule has 0 saturated heterocycles. The molecular formula is C19H15F2NOS2. The Kier molecular flexibility index (Phi) is 3.96. The average Bonchev–Trinajstić information content (AvgIpc) is 3.01. The van der Waals surface area contributed by atoms with Crippen molar-refractivity contribution in [1.29, 1.82) is 0 Å². The number of hydrogen-bond acceptors (Lipinski definition) is 4. The summed E-state index contributed by atoms with van der Waals surface area (Å²) in [5, 5.41) is 0. The SMILES string of the molecule is COc1ccc(SN2c3cc(C)sc3-c3ccccc3C2(F)F)cc1. The Labute approximate surface area is 153 Å². The zero-order chi connectivity index (χ0) is 17.6. The van der Waals surface area contributed by atoms with Gasteiger partial charge >= 0.3 is 6.05 Å². The van der Waals surface area contributed by atoms with Crippen molar-refractivity contribution in [2.75, 3.05) is 11.4 Å². The van der Waals surface area contributed by atoms with E-state index in [9.17, 15) is 0 Å². The molecule has 0 atom stereocenters. The predicted octanol–water partition coefficient (Wildman–Crippen LogP) is 6.31. The predicted molar refractivity (Wildman–Crippen MR) is 99.7 cm³/mol. The second-order valence-electron chi connectivity index (χ2n) is 5.72. The van der Waals surface area contributed by atoms with Crippen molar-refractivity contribution < 1.29 is 13.5 Å². The highest BCUT2D eigenvalue weighted by Gasteiger charge is 2.47. The molecule has 3 aromatic rings. The summed E-state index contributed by atoms with van der Waals surface area (Å²) in [6.45, 7) is 1.94. The monoisotopic (exact) mass is 375 g/mol. The summed E-state index contributed by atoms with van der Waals surface area (Å²) in [4.78, 5) is 2.63. The van der Waals surface area contributed by atoms with Crippen LogP contribution in [0.1, 0.15) is 10.4 Å².